The van der Waals surface area contributed by atoms with Gasteiger partial charge < -0.3 is 14.2 Å². The average Bonchev–Trinajstić information content (AvgIpc) is 3.31. The maximum absolute atomic E-state index is 12.8. The third-order valence-electron chi connectivity index (χ3n) is 11.7. The number of ether oxygens (including phenoxy) is 3. The Balaban J connectivity index is 4.45. The molecule has 0 aromatic carbocycles. The van der Waals surface area contributed by atoms with E-state index in [1.807, 2.05) is 54.7 Å². The summed E-state index contributed by atoms with van der Waals surface area (Å²) in [6.45, 7) is 6.43. The number of unbranched alkanes of at least 4 members (excludes halogenated alkanes) is 28. The van der Waals surface area contributed by atoms with Crippen molar-refractivity contribution in [3.05, 3.63) is 85.1 Å². The number of hydrogen-bond donors (Lipinski definition) is 0. The van der Waals surface area contributed by atoms with E-state index in [0.29, 0.717) is 19.3 Å². The van der Waals surface area contributed by atoms with Crippen LogP contribution in [0.2, 0.25) is 0 Å². The van der Waals surface area contributed by atoms with Crippen LogP contribution in [-0.2, 0) is 28.6 Å². The van der Waals surface area contributed by atoms with E-state index in [4.69, 9.17) is 14.2 Å². The van der Waals surface area contributed by atoms with E-state index in [1.165, 1.54) is 148 Å². The first kappa shape index (κ1) is 62.6. The lowest BCUT2D eigenvalue weighted by Crippen LogP contribution is -2.30. The Morgan fingerprint density at radius 2 is 0.621 bits per heavy atom. The molecule has 0 amide bonds. The maximum Gasteiger partial charge on any atom is 0.306 e. The van der Waals surface area contributed by atoms with Crippen molar-refractivity contribution in [3.8, 4) is 0 Å². The standard InChI is InChI=1S/C60H102O6/c1-4-7-10-13-16-19-22-25-27-29-30-31-33-35-38-41-44-47-50-53-59(62)65-56-57(55-64-58(61)52-49-46-43-40-37-34-24-21-18-15-12-9-6-3)66-60(63)54-51-48-45-42-39-36-32-28-26-23-20-17-14-11-8-5-2/h9,12,15,18,21,24,28-30,32,34,37,40,43,57H,4-8,10-11,13-14,16-17,19-20,22-23,25-27,31,33,35-36,38-39,41-42,44-56H2,1-3H3/b12-9+,18-15+,24-21+,30-29+,32-28+,37-34+,43-40+. The average molecular weight is 919 g/mol. The maximum atomic E-state index is 12.8. The van der Waals surface area contributed by atoms with Crippen molar-refractivity contribution in [2.45, 2.75) is 264 Å². The molecule has 0 bridgehead atoms. The Morgan fingerprint density at radius 3 is 1.02 bits per heavy atom. The molecule has 0 heterocycles. The minimum Gasteiger partial charge on any atom is -0.462 e. The van der Waals surface area contributed by atoms with Gasteiger partial charge in [-0.05, 0) is 83.5 Å². The summed E-state index contributed by atoms with van der Waals surface area (Å²) in [4.78, 5) is 38.0. The fourth-order valence-corrected chi connectivity index (χ4v) is 7.58. The van der Waals surface area contributed by atoms with Crippen LogP contribution in [0.3, 0.4) is 0 Å². The van der Waals surface area contributed by atoms with Crippen molar-refractivity contribution in [2.24, 2.45) is 0 Å². The fraction of sp³-hybridized carbons (Fsp3) is 0.717. The van der Waals surface area contributed by atoms with E-state index in [-0.39, 0.29) is 37.5 Å². The zero-order valence-corrected chi connectivity index (χ0v) is 43.2. The highest BCUT2D eigenvalue weighted by atomic mass is 16.6. The predicted molar refractivity (Wildman–Crippen MR) is 284 cm³/mol. The molecule has 0 aliphatic carbocycles. The van der Waals surface area contributed by atoms with Crippen LogP contribution < -0.4 is 0 Å². The normalized spacial score (nSPS) is 12.7. The van der Waals surface area contributed by atoms with Gasteiger partial charge in [0, 0.05) is 19.3 Å². The molecule has 0 aliphatic rings. The van der Waals surface area contributed by atoms with Crippen molar-refractivity contribution >= 4 is 17.9 Å². The number of carbonyl (C=O) groups is 3. The predicted octanol–water partition coefficient (Wildman–Crippen LogP) is 18.4. The molecule has 0 rings (SSSR count). The second-order valence-electron chi connectivity index (χ2n) is 18.2. The van der Waals surface area contributed by atoms with E-state index in [9.17, 15) is 14.4 Å². The summed E-state index contributed by atoms with van der Waals surface area (Å²) in [5, 5.41) is 0. The summed E-state index contributed by atoms with van der Waals surface area (Å²) in [6.07, 6.45) is 70.1. The zero-order valence-electron chi connectivity index (χ0n) is 43.2. The summed E-state index contributed by atoms with van der Waals surface area (Å²) in [6, 6.07) is 0. The lowest BCUT2D eigenvalue weighted by molar-refractivity contribution is -0.167. The molecule has 0 spiro atoms. The Bertz CT molecular complexity index is 1290. The van der Waals surface area contributed by atoms with Crippen LogP contribution in [0.25, 0.3) is 0 Å². The van der Waals surface area contributed by atoms with Crippen LogP contribution in [0.1, 0.15) is 258 Å². The Kier molecular flexibility index (Phi) is 51.4. The smallest absolute Gasteiger partial charge is 0.306 e. The molecule has 0 N–H and O–H groups in total. The lowest BCUT2D eigenvalue weighted by atomic mass is 10.1. The van der Waals surface area contributed by atoms with Crippen LogP contribution in [0, 0.1) is 0 Å². The largest absolute Gasteiger partial charge is 0.462 e. The number of esters is 3. The molecule has 6 nitrogen and oxygen atoms in total. The number of hydrogen-bond acceptors (Lipinski definition) is 6. The molecule has 6 heteroatoms. The van der Waals surface area contributed by atoms with Gasteiger partial charge in [0.15, 0.2) is 6.10 Å². The molecular weight excluding hydrogens is 817 g/mol. The van der Waals surface area contributed by atoms with Crippen LogP contribution in [-0.4, -0.2) is 37.2 Å². The molecule has 1 unspecified atom stereocenters. The molecule has 1 atom stereocenters. The van der Waals surface area contributed by atoms with Gasteiger partial charge in [0.2, 0.25) is 0 Å². The van der Waals surface area contributed by atoms with Gasteiger partial charge in [-0.3, -0.25) is 14.4 Å². The number of rotatable bonds is 49. The van der Waals surface area contributed by atoms with Gasteiger partial charge in [-0.2, -0.15) is 0 Å². The third kappa shape index (κ3) is 51.6. The second kappa shape index (κ2) is 54.2. The Hall–Kier alpha value is -3.41. The summed E-state index contributed by atoms with van der Waals surface area (Å²) in [7, 11) is 0. The topological polar surface area (TPSA) is 78.9 Å². The Labute approximate surface area is 407 Å². The number of carbonyl (C=O) groups excluding carboxylic acids is 3. The molecular formula is C60H102O6. The van der Waals surface area contributed by atoms with E-state index in [0.717, 1.165) is 64.2 Å². The molecule has 0 aromatic heterocycles. The molecule has 0 radical (unpaired) electrons. The van der Waals surface area contributed by atoms with Crippen molar-refractivity contribution < 1.29 is 28.6 Å². The van der Waals surface area contributed by atoms with Crippen LogP contribution in [0.15, 0.2) is 85.1 Å². The van der Waals surface area contributed by atoms with E-state index >= 15 is 0 Å². The molecule has 0 saturated heterocycles. The highest BCUT2D eigenvalue weighted by molar-refractivity contribution is 5.71. The summed E-state index contributed by atoms with van der Waals surface area (Å²) < 4.78 is 16.8. The Morgan fingerprint density at radius 1 is 0.318 bits per heavy atom. The van der Waals surface area contributed by atoms with Crippen molar-refractivity contribution in [3.63, 3.8) is 0 Å². The van der Waals surface area contributed by atoms with E-state index in [1.54, 1.807) is 0 Å². The molecule has 0 aromatic rings. The fourth-order valence-electron chi connectivity index (χ4n) is 7.58. The molecule has 0 aliphatic heterocycles. The quantitative estimate of drug-likeness (QED) is 0.0199. The summed E-state index contributed by atoms with van der Waals surface area (Å²) in [5.41, 5.74) is 0. The number of allylic oxidation sites excluding steroid dienone is 14. The van der Waals surface area contributed by atoms with E-state index in [2.05, 4.69) is 51.2 Å². The lowest BCUT2D eigenvalue weighted by Gasteiger charge is -2.18. The SMILES string of the molecule is CC/C=C/C=C/C=C/C=C/C=C/CCCC(=O)OCC(COC(=O)CCCCCCCCC/C=C/CCCCCCCCCC)OC(=O)CCCCCCC/C=C/CCCCCCCCC. The monoisotopic (exact) mass is 919 g/mol. The summed E-state index contributed by atoms with van der Waals surface area (Å²) in [5.74, 6) is -0.991. The minimum atomic E-state index is -0.811. The van der Waals surface area contributed by atoms with Gasteiger partial charge in [-0.25, -0.2) is 0 Å². The molecule has 378 valence electrons. The van der Waals surface area contributed by atoms with Gasteiger partial charge >= 0.3 is 17.9 Å². The highest BCUT2D eigenvalue weighted by Crippen LogP contribution is 2.15. The second-order valence-corrected chi connectivity index (χ2v) is 18.2. The first-order chi connectivity index (χ1) is 32.5. The summed E-state index contributed by atoms with van der Waals surface area (Å²) >= 11 is 0. The van der Waals surface area contributed by atoms with Gasteiger partial charge in [-0.1, -0.05) is 241 Å². The van der Waals surface area contributed by atoms with Crippen molar-refractivity contribution in [1.29, 1.82) is 0 Å². The van der Waals surface area contributed by atoms with Gasteiger partial charge in [-0.15, -0.1) is 0 Å². The van der Waals surface area contributed by atoms with Crippen LogP contribution >= 0.6 is 0 Å². The molecule has 0 saturated carbocycles. The van der Waals surface area contributed by atoms with Gasteiger partial charge in [0.1, 0.15) is 13.2 Å². The molecule has 66 heavy (non-hydrogen) atoms. The van der Waals surface area contributed by atoms with E-state index < -0.39 is 6.10 Å². The van der Waals surface area contributed by atoms with Crippen LogP contribution in [0.4, 0.5) is 0 Å². The van der Waals surface area contributed by atoms with Crippen molar-refractivity contribution in [2.75, 3.05) is 13.2 Å². The zero-order chi connectivity index (χ0) is 47.9. The minimum absolute atomic E-state index is 0.105. The third-order valence-corrected chi connectivity index (χ3v) is 11.7. The molecule has 0 fully saturated rings. The first-order valence-electron chi connectivity index (χ1n) is 27.7. The highest BCUT2D eigenvalue weighted by Gasteiger charge is 2.19. The van der Waals surface area contributed by atoms with Crippen molar-refractivity contribution in [1.82, 2.24) is 0 Å². The van der Waals surface area contributed by atoms with Gasteiger partial charge in [0.05, 0.1) is 0 Å². The first-order valence-corrected chi connectivity index (χ1v) is 27.7. The van der Waals surface area contributed by atoms with Gasteiger partial charge in [0.25, 0.3) is 0 Å². The van der Waals surface area contributed by atoms with Crippen LogP contribution in [0.5, 0.6) is 0 Å².